The summed E-state index contributed by atoms with van der Waals surface area (Å²) in [6.07, 6.45) is 16.9. The molecule has 0 heteroatoms. The summed E-state index contributed by atoms with van der Waals surface area (Å²) >= 11 is 0. The van der Waals surface area contributed by atoms with E-state index >= 15 is 0 Å². The molecule has 0 radical (unpaired) electrons. The van der Waals surface area contributed by atoms with Crippen molar-refractivity contribution in [2.75, 3.05) is 0 Å². The van der Waals surface area contributed by atoms with Crippen molar-refractivity contribution in [2.24, 2.45) is 23.7 Å². The van der Waals surface area contributed by atoms with E-state index in [1.165, 1.54) is 32.1 Å². The highest BCUT2D eigenvalue weighted by atomic mass is 14.5. The highest BCUT2D eigenvalue weighted by Crippen LogP contribution is 2.51. The van der Waals surface area contributed by atoms with Crippen LogP contribution in [0.5, 0.6) is 0 Å². The van der Waals surface area contributed by atoms with Gasteiger partial charge in [-0.3, -0.25) is 0 Å². The average molecular weight is 174 g/mol. The monoisotopic (exact) mass is 174 g/mol. The summed E-state index contributed by atoms with van der Waals surface area (Å²) in [5, 5.41) is 0. The van der Waals surface area contributed by atoms with Crippen LogP contribution in [0.25, 0.3) is 0 Å². The molecule has 0 aromatic carbocycles. The molecule has 0 spiro atoms. The molecule has 2 bridgehead atoms. The summed E-state index contributed by atoms with van der Waals surface area (Å²) in [4.78, 5) is 0. The lowest BCUT2D eigenvalue weighted by Gasteiger charge is -2.28. The second kappa shape index (κ2) is 3.01. The normalized spacial score (nSPS) is 49.8. The van der Waals surface area contributed by atoms with E-state index in [2.05, 4.69) is 24.3 Å². The van der Waals surface area contributed by atoms with Crippen LogP contribution in [0.4, 0.5) is 0 Å². The summed E-state index contributed by atoms with van der Waals surface area (Å²) in [6.45, 7) is 0. The van der Waals surface area contributed by atoms with E-state index < -0.39 is 0 Å². The Labute approximate surface area is 80.7 Å². The molecule has 0 aliphatic heterocycles. The van der Waals surface area contributed by atoms with E-state index in [4.69, 9.17) is 0 Å². The lowest BCUT2D eigenvalue weighted by molar-refractivity contribution is 0.284. The van der Waals surface area contributed by atoms with E-state index in [-0.39, 0.29) is 0 Å². The largest absolute Gasteiger partial charge is 0.0885 e. The number of hydrogen-bond donors (Lipinski definition) is 0. The van der Waals surface area contributed by atoms with Crippen LogP contribution in [-0.2, 0) is 0 Å². The highest BCUT2D eigenvalue weighted by Gasteiger charge is 2.43. The zero-order valence-corrected chi connectivity index (χ0v) is 8.15. The fourth-order valence-electron chi connectivity index (χ4n) is 3.65. The minimum absolute atomic E-state index is 0.942. The first-order valence-corrected chi connectivity index (χ1v) is 5.78. The third-order valence-electron chi connectivity index (χ3n) is 4.28. The molecular weight excluding hydrogens is 156 g/mol. The van der Waals surface area contributed by atoms with Crippen LogP contribution in [0.3, 0.4) is 0 Å². The van der Waals surface area contributed by atoms with Crippen molar-refractivity contribution in [1.82, 2.24) is 0 Å². The number of rotatable bonds is 0. The van der Waals surface area contributed by atoms with Crippen LogP contribution in [0.1, 0.15) is 32.1 Å². The summed E-state index contributed by atoms with van der Waals surface area (Å²) in [6, 6.07) is 0. The number of hydrogen-bond acceptors (Lipinski definition) is 0. The van der Waals surface area contributed by atoms with Crippen molar-refractivity contribution < 1.29 is 0 Å². The summed E-state index contributed by atoms with van der Waals surface area (Å²) in [7, 11) is 0. The van der Waals surface area contributed by atoms with Crippen LogP contribution in [0.15, 0.2) is 24.3 Å². The van der Waals surface area contributed by atoms with E-state index in [9.17, 15) is 0 Å². The van der Waals surface area contributed by atoms with Crippen molar-refractivity contribution in [3.63, 3.8) is 0 Å². The molecule has 0 aromatic heterocycles. The van der Waals surface area contributed by atoms with Gasteiger partial charge in [-0.05, 0) is 55.8 Å². The van der Waals surface area contributed by atoms with Gasteiger partial charge in [-0.25, -0.2) is 0 Å². The highest BCUT2D eigenvalue weighted by molar-refractivity contribution is 5.14. The molecule has 0 saturated heterocycles. The maximum Gasteiger partial charge on any atom is -0.0194 e. The van der Waals surface area contributed by atoms with Gasteiger partial charge in [0.15, 0.2) is 0 Å². The van der Waals surface area contributed by atoms with E-state index in [0.717, 1.165) is 23.7 Å². The maximum atomic E-state index is 2.50. The summed E-state index contributed by atoms with van der Waals surface area (Å²) in [5.41, 5.74) is 0. The lowest BCUT2D eigenvalue weighted by atomic mass is 9.77. The molecule has 70 valence electrons. The van der Waals surface area contributed by atoms with Crippen molar-refractivity contribution in [3.05, 3.63) is 24.3 Å². The van der Waals surface area contributed by atoms with Crippen molar-refractivity contribution in [1.29, 1.82) is 0 Å². The van der Waals surface area contributed by atoms with Gasteiger partial charge in [0.05, 0.1) is 0 Å². The topological polar surface area (TPSA) is 0 Å². The van der Waals surface area contributed by atoms with Gasteiger partial charge in [-0.2, -0.15) is 0 Å². The van der Waals surface area contributed by atoms with Gasteiger partial charge in [0.1, 0.15) is 0 Å². The molecule has 0 N–H and O–H groups in total. The first-order valence-electron chi connectivity index (χ1n) is 5.78. The van der Waals surface area contributed by atoms with E-state index in [1.54, 1.807) is 0 Å². The number of fused-ring (bicyclic) bond motifs is 5. The van der Waals surface area contributed by atoms with E-state index in [0.29, 0.717) is 0 Å². The lowest BCUT2D eigenvalue weighted by Crippen LogP contribution is -2.19. The molecule has 3 aliphatic carbocycles. The molecule has 0 nitrogen and oxygen atoms in total. The Morgan fingerprint density at radius 2 is 1.77 bits per heavy atom. The SMILES string of the molecule is C1=CC2CC1C1C/C=C\CCCC21. The second-order valence-corrected chi connectivity index (χ2v) is 4.91. The molecule has 0 heterocycles. The molecule has 3 rings (SSSR count). The van der Waals surface area contributed by atoms with Gasteiger partial charge in [0, 0.05) is 0 Å². The first-order chi connectivity index (χ1) is 6.45. The molecular formula is C13H18. The Bertz CT molecular complexity index is 249. The molecule has 4 atom stereocenters. The third kappa shape index (κ3) is 1.19. The minimum atomic E-state index is 0.942. The van der Waals surface area contributed by atoms with Gasteiger partial charge in [0.2, 0.25) is 0 Å². The first kappa shape index (κ1) is 7.84. The molecule has 0 amide bonds. The minimum Gasteiger partial charge on any atom is -0.0885 e. The fraction of sp³-hybridized carbons (Fsp3) is 0.692. The van der Waals surface area contributed by atoms with Gasteiger partial charge < -0.3 is 0 Å². The van der Waals surface area contributed by atoms with Crippen LogP contribution in [-0.4, -0.2) is 0 Å². The average Bonchev–Trinajstić information content (AvgIpc) is 2.62. The van der Waals surface area contributed by atoms with Gasteiger partial charge in [0.25, 0.3) is 0 Å². The van der Waals surface area contributed by atoms with Crippen LogP contribution < -0.4 is 0 Å². The smallest absolute Gasteiger partial charge is 0.0194 e. The maximum absolute atomic E-state index is 2.50. The summed E-state index contributed by atoms with van der Waals surface area (Å²) < 4.78 is 0. The number of allylic oxidation sites excluding steroid dienone is 4. The summed E-state index contributed by atoms with van der Waals surface area (Å²) in [5.74, 6) is 3.95. The van der Waals surface area contributed by atoms with Crippen LogP contribution >= 0.6 is 0 Å². The Balaban J connectivity index is 1.85. The molecule has 1 saturated carbocycles. The Hall–Kier alpha value is -0.520. The fourth-order valence-corrected chi connectivity index (χ4v) is 3.65. The molecule has 13 heavy (non-hydrogen) atoms. The third-order valence-corrected chi connectivity index (χ3v) is 4.28. The van der Waals surface area contributed by atoms with Crippen LogP contribution in [0.2, 0.25) is 0 Å². The van der Waals surface area contributed by atoms with Gasteiger partial charge in [-0.15, -0.1) is 0 Å². The standard InChI is InChI=1S/C13H18/c1-2-4-6-13-11-8-7-10(9-11)12(13)5-3-1/h1,3,7-8,10-13H,2,4-6,9H2/b3-1-. The van der Waals surface area contributed by atoms with Crippen molar-refractivity contribution in [2.45, 2.75) is 32.1 Å². The molecule has 1 fully saturated rings. The Kier molecular flexibility index (Phi) is 1.81. The van der Waals surface area contributed by atoms with Gasteiger partial charge >= 0.3 is 0 Å². The predicted molar refractivity (Wildman–Crippen MR) is 55.3 cm³/mol. The predicted octanol–water partition coefficient (Wildman–Crippen LogP) is 3.55. The van der Waals surface area contributed by atoms with E-state index in [1.807, 2.05) is 0 Å². The second-order valence-electron chi connectivity index (χ2n) is 4.91. The quantitative estimate of drug-likeness (QED) is 0.493. The molecule has 0 aromatic rings. The van der Waals surface area contributed by atoms with Crippen LogP contribution in [0, 0.1) is 23.7 Å². The van der Waals surface area contributed by atoms with Crippen molar-refractivity contribution in [3.8, 4) is 0 Å². The molecule has 3 aliphatic rings. The Morgan fingerprint density at radius 3 is 2.69 bits per heavy atom. The van der Waals surface area contributed by atoms with Gasteiger partial charge in [-0.1, -0.05) is 24.3 Å². The zero-order valence-electron chi connectivity index (χ0n) is 8.15. The van der Waals surface area contributed by atoms with Crippen molar-refractivity contribution >= 4 is 0 Å². The zero-order chi connectivity index (χ0) is 8.67. The molecule has 4 unspecified atom stereocenters. The Morgan fingerprint density at radius 1 is 0.923 bits per heavy atom.